The van der Waals surface area contributed by atoms with E-state index in [2.05, 4.69) is 10.0 Å². The molecule has 0 bridgehead atoms. The molecule has 0 aromatic rings. The van der Waals surface area contributed by atoms with Crippen molar-refractivity contribution in [1.82, 2.24) is 14.3 Å². The van der Waals surface area contributed by atoms with Crippen molar-refractivity contribution >= 4 is 10.2 Å². The Hall–Kier alpha value is -0.170. The Balaban J connectivity index is 2.56. The summed E-state index contributed by atoms with van der Waals surface area (Å²) in [4.78, 5) is 0. The highest BCUT2D eigenvalue weighted by atomic mass is 32.2. The van der Waals surface area contributed by atoms with Crippen molar-refractivity contribution in [3.63, 3.8) is 0 Å². The highest BCUT2D eigenvalue weighted by Crippen LogP contribution is 2.07. The molecule has 1 heterocycles. The van der Waals surface area contributed by atoms with Gasteiger partial charge in [-0.2, -0.15) is 17.4 Å². The zero-order valence-corrected chi connectivity index (χ0v) is 11.0. The highest BCUT2D eigenvalue weighted by Gasteiger charge is 2.23. The molecule has 6 heteroatoms. The van der Waals surface area contributed by atoms with E-state index in [1.165, 1.54) is 4.31 Å². The number of nitrogens with zero attached hydrogens (tertiary/aromatic N) is 1. The Morgan fingerprint density at radius 2 is 2.00 bits per heavy atom. The van der Waals surface area contributed by atoms with Crippen LogP contribution in [0.25, 0.3) is 0 Å². The standard InChI is InChI=1S/C10H23N3O2S/c1-3-13(4-2)16(14,15)12-10-7-5-6-8-11-9-10/h10-12H,3-9H2,1-2H3. The molecule has 2 N–H and O–H groups in total. The molecule has 0 saturated carbocycles. The van der Waals surface area contributed by atoms with Crippen LogP contribution in [0.1, 0.15) is 33.1 Å². The molecule has 96 valence electrons. The summed E-state index contributed by atoms with van der Waals surface area (Å²) in [7, 11) is -3.29. The number of rotatable bonds is 5. The Morgan fingerprint density at radius 1 is 1.31 bits per heavy atom. The molecule has 1 atom stereocenters. The molecule has 0 radical (unpaired) electrons. The Kier molecular flexibility index (Phi) is 5.68. The van der Waals surface area contributed by atoms with E-state index in [0.717, 1.165) is 32.4 Å². The average molecular weight is 249 g/mol. The van der Waals surface area contributed by atoms with E-state index in [1.807, 2.05) is 13.8 Å². The summed E-state index contributed by atoms with van der Waals surface area (Å²) < 4.78 is 28.1. The van der Waals surface area contributed by atoms with Gasteiger partial charge in [-0.05, 0) is 19.4 Å². The van der Waals surface area contributed by atoms with Gasteiger partial charge >= 0.3 is 0 Å². The highest BCUT2D eigenvalue weighted by molar-refractivity contribution is 7.87. The van der Waals surface area contributed by atoms with Crippen LogP contribution in [0.15, 0.2) is 0 Å². The molecule has 0 aromatic heterocycles. The van der Waals surface area contributed by atoms with Gasteiger partial charge in [-0.15, -0.1) is 0 Å². The lowest BCUT2D eigenvalue weighted by Gasteiger charge is -2.23. The maximum absolute atomic E-state index is 12.0. The van der Waals surface area contributed by atoms with Gasteiger partial charge in [-0.1, -0.05) is 20.3 Å². The van der Waals surface area contributed by atoms with E-state index in [9.17, 15) is 8.42 Å². The van der Waals surface area contributed by atoms with Crippen LogP contribution in [0.4, 0.5) is 0 Å². The van der Waals surface area contributed by atoms with Gasteiger partial charge < -0.3 is 5.32 Å². The average Bonchev–Trinajstić information content (AvgIpc) is 2.47. The van der Waals surface area contributed by atoms with Gasteiger partial charge in [-0.25, -0.2) is 0 Å². The van der Waals surface area contributed by atoms with Gasteiger partial charge in [0.05, 0.1) is 0 Å². The third kappa shape index (κ3) is 4.01. The van der Waals surface area contributed by atoms with Crippen LogP contribution in [0.5, 0.6) is 0 Å². The first-order valence-electron chi connectivity index (χ1n) is 6.08. The Bertz CT molecular complexity index is 280. The molecule has 1 unspecified atom stereocenters. The summed E-state index contributed by atoms with van der Waals surface area (Å²) in [6, 6.07) is 0.0353. The van der Waals surface area contributed by atoms with E-state index in [0.29, 0.717) is 13.1 Å². The van der Waals surface area contributed by atoms with Crippen LogP contribution in [0.3, 0.4) is 0 Å². The van der Waals surface area contributed by atoms with E-state index in [-0.39, 0.29) is 6.04 Å². The van der Waals surface area contributed by atoms with Crippen LogP contribution in [-0.2, 0) is 10.2 Å². The van der Waals surface area contributed by atoms with Gasteiger partial charge in [0.15, 0.2) is 0 Å². The van der Waals surface area contributed by atoms with Crippen molar-refractivity contribution in [1.29, 1.82) is 0 Å². The smallest absolute Gasteiger partial charge is 0.279 e. The minimum absolute atomic E-state index is 0.0353. The van der Waals surface area contributed by atoms with Crippen molar-refractivity contribution in [2.75, 3.05) is 26.2 Å². The van der Waals surface area contributed by atoms with Crippen LogP contribution >= 0.6 is 0 Å². The lowest BCUT2D eigenvalue weighted by Crippen LogP contribution is -2.48. The van der Waals surface area contributed by atoms with Gasteiger partial charge in [-0.3, -0.25) is 0 Å². The summed E-state index contributed by atoms with van der Waals surface area (Å²) in [6.45, 7) is 6.48. The number of nitrogens with one attached hydrogen (secondary N) is 2. The first-order valence-corrected chi connectivity index (χ1v) is 7.52. The molecule has 0 aliphatic carbocycles. The molecule has 1 saturated heterocycles. The second-order valence-electron chi connectivity index (χ2n) is 4.10. The fourth-order valence-electron chi connectivity index (χ4n) is 1.97. The molecule has 1 rings (SSSR count). The van der Waals surface area contributed by atoms with E-state index in [4.69, 9.17) is 0 Å². The van der Waals surface area contributed by atoms with Crippen molar-refractivity contribution in [3.05, 3.63) is 0 Å². The van der Waals surface area contributed by atoms with Gasteiger partial charge in [0.1, 0.15) is 0 Å². The zero-order chi connectivity index (χ0) is 12.0. The lowest BCUT2D eigenvalue weighted by molar-refractivity contribution is 0.420. The quantitative estimate of drug-likeness (QED) is 0.737. The molecule has 16 heavy (non-hydrogen) atoms. The van der Waals surface area contributed by atoms with Crippen LogP contribution in [0, 0.1) is 0 Å². The molecular weight excluding hydrogens is 226 g/mol. The summed E-state index contributed by atoms with van der Waals surface area (Å²) in [5, 5.41) is 3.25. The third-order valence-corrected chi connectivity index (χ3v) is 4.74. The van der Waals surface area contributed by atoms with Gasteiger partial charge in [0.25, 0.3) is 10.2 Å². The third-order valence-electron chi connectivity index (χ3n) is 2.91. The van der Waals surface area contributed by atoms with Gasteiger partial charge in [0.2, 0.25) is 0 Å². The number of hydrogen-bond donors (Lipinski definition) is 2. The topological polar surface area (TPSA) is 61.4 Å². The predicted octanol–water partition coefficient (Wildman–Crippen LogP) is 0.305. The van der Waals surface area contributed by atoms with Crippen molar-refractivity contribution in [3.8, 4) is 0 Å². The predicted molar refractivity (Wildman–Crippen MR) is 65.5 cm³/mol. The van der Waals surface area contributed by atoms with E-state index < -0.39 is 10.2 Å². The number of hydrogen-bond acceptors (Lipinski definition) is 3. The normalized spacial score (nSPS) is 23.3. The largest absolute Gasteiger partial charge is 0.315 e. The van der Waals surface area contributed by atoms with Crippen molar-refractivity contribution in [2.24, 2.45) is 0 Å². The minimum Gasteiger partial charge on any atom is -0.315 e. The van der Waals surface area contributed by atoms with Gasteiger partial charge in [0, 0.05) is 25.7 Å². The SMILES string of the molecule is CCN(CC)S(=O)(=O)NC1CCCCNC1. The molecule has 1 aliphatic heterocycles. The summed E-state index contributed by atoms with van der Waals surface area (Å²) in [6.07, 6.45) is 3.13. The zero-order valence-electron chi connectivity index (χ0n) is 10.2. The van der Waals surface area contributed by atoms with Crippen LogP contribution < -0.4 is 10.0 Å². The Morgan fingerprint density at radius 3 is 2.62 bits per heavy atom. The molecule has 1 fully saturated rings. The first kappa shape index (κ1) is 13.9. The monoisotopic (exact) mass is 249 g/mol. The van der Waals surface area contributed by atoms with Crippen LogP contribution in [-0.4, -0.2) is 44.9 Å². The summed E-state index contributed by atoms with van der Waals surface area (Å²) >= 11 is 0. The van der Waals surface area contributed by atoms with Crippen LogP contribution in [0.2, 0.25) is 0 Å². The summed E-state index contributed by atoms with van der Waals surface area (Å²) in [5.74, 6) is 0. The maximum Gasteiger partial charge on any atom is 0.279 e. The minimum atomic E-state index is -3.29. The molecule has 0 spiro atoms. The molecular formula is C10H23N3O2S. The lowest BCUT2D eigenvalue weighted by atomic mass is 10.2. The van der Waals surface area contributed by atoms with Crippen molar-refractivity contribution in [2.45, 2.75) is 39.2 Å². The first-order chi connectivity index (χ1) is 7.60. The van der Waals surface area contributed by atoms with E-state index >= 15 is 0 Å². The Labute approximate surface area is 98.8 Å². The second kappa shape index (κ2) is 6.54. The van der Waals surface area contributed by atoms with E-state index in [1.54, 1.807) is 0 Å². The fraction of sp³-hybridized carbons (Fsp3) is 1.00. The fourth-order valence-corrected chi connectivity index (χ4v) is 3.42. The second-order valence-corrected chi connectivity index (χ2v) is 5.81. The summed E-state index contributed by atoms with van der Waals surface area (Å²) in [5.41, 5.74) is 0. The maximum atomic E-state index is 12.0. The van der Waals surface area contributed by atoms with Crippen molar-refractivity contribution < 1.29 is 8.42 Å². The molecule has 0 aromatic carbocycles. The molecule has 0 amide bonds. The molecule has 1 aliphatic rings. The molecule has 5 nitrogen and oxygen atoms in total.